The summed E-state index contributed by atoms with van der Waals surface area (Å²) in [6.45, 7) is 1.50. The molecule has 1 amide bonds. The summed E-state index contributed by atoms with van der Waals surface area (Å²) in [5.74, 6) is -1.56. The Labute approximate surface area is 146 Å². The Kier molecular flexibility index (Phi) is 6.32. The predicted octanol–water partition coefficient (Wildman–Crippen LogP) is 2.69. The number of carbonyl (C=O) groups is 3. The van der Waals surface area contributed by atoms with E-state index in [1.165, 1.54) is 6.92 Å². The molecule has 0 aliphatic rings. The Balaban J connectivity index is 2.20. The number of hydrogen-bond donors (Lipinski definition) is 2. The van der Waals surface area contributed by atoms with E-state index in [4.69, 9.17) is 0 Å². The Morgan fingerprint density at radius 2 is 1.50 bits per heavy atom. The van der Waals surface area contributed by atoms with Gasteiger partial charge < -0.3 is 5.32 Å². The first-order valence-corrected chi connectivity index (χ1v) is 8.10. The Morgan fingerprint density at radius 1 is 0.958 bits per heavy atom. The van der Waals surface area contributed by atoms with Crippen molar-refractivity contribution in [1.82, 2.24) is 5.32 Å². The molecule has 0 saturated carbocycles. The maximum atomic E-state index is 12.6. The van der Waals surface area contributed by atoms with Crippen LogP contribution in [0, 0.1) is 5.92 Å². The lowest BCUT2D eigenvalue weighted by Crippen LogP contribution is -2.45. The summed E-state index contributed by atoms with van der Waals surface area (Å²) in [6, 6.07) is 17.2. The van der Waals surface area contributed by atoms with Gasteiger partial charge in [-0.15, -0.1) is 12.6 Å². The number of benzene rings is 2. The molecule has 24 heavy (non-hydrogen) atoms. The molecule has 2 aromatic carbocycles. The van der Waals surface area contributed by atoms with Gasteiger partial charge in [0.2, 0.25) is 0 Å². The van der Waals surface area contributed by atoms with Crippen molar-refractivity contribution >= 4 is 29.4 Å². The minimum atomic E-state index is -0.877. The summed E-state index contributed by atoms with van der Waals surface area (Å²) >= 11 is 3.74. The molecular weight excluding hydrogens is 322 g/mol. The molecule has 1 N–H and O–H groups in total. The van der Waals surface area contributed by atoms with Gasteiger partial charge in [0.25, 0.3) is 5.91 Å². The number of Topliss-reactive ketones (excluding diaryl/α,β-unsaturated/α-hetero) is 1. The fraction of sp³-hybridized carbons (Fsp3) is 0.211. The van der Waals surface area contributed by atoms with Crippen molar-refractivity contribution in [2.45, 2.75) is 19.4 Å². The van der Waals surface area contributed by atoms with Gasteiger partial charge in [-0.05, 0) is 31.0 Å². The van der Waals surface area contributed by atoms with E-state index in [0.717, 1.165) is 5.56 Å². The molecule has 0 aromatic heterocycles. The average molecular weight is 341 g/mol. The van der Waals surface area contributed by atoms with E-state index >= 15 is 0 Å². The van der Waals surface area contributed by atoms with Crippen LogP contribution in [0.1, 0.15) is 22.8 Å². The molecule has 0 aliphatic carbocycles. The molecule has 5 heteroatoms. The molecule has 124 valence electrons. The molecule has 0 fully saturated rings. The van der Waals surface area contributed by atoms with E-state index in [0.29, 0.717) is 12.0 Å². The smallest absolute Gasteiger partial charge is 0.251 e. The predicted molar refractivity (Wildman–Crippen MR) is 96.0 cm³/mol. The molecular formula is C19H19NO3S. The van der Waals surface area contributed by atoms with E-state index in [1.54, 1.807) is 24.3 Å². The molecule has 0 heterocycles. The third kappa shape index (κ3) is 4.80. The zero-order chi connectivity index (χ0) is 17.5. The van der Waals surface area contributed by atoms with E-state index in [1.807, 2.05) is 36.4 Å². The summed E-state index contributed by atoms with van der Waals surface area (Å²) in [4.78, 5) is 36.4. The van der Waals surface area contributed by atoms with Crippen LogP contribution in [0.25, 0.3) is 0 Å². The SMILES string of the molecule is CC(C(=O)S)C(=O)C(Cc1ccccc1)NC(=O)c1ccccc1. The number of carbonyl (C=O) groups excluding carboxylic acids is 3. The number of hydrogen-bond acceptors (Lipinski definition) is 3. The van der Waals surface area contributed by atoms with Crippen LogP contribution < -0.4 is 5.32 Å². The highest BCUT2D eigenvalue weighted by atomic mass is 32.1. The van der Waals surface area contributed by atoms with Gasteiger partial charge in [-0.2, -0.15) is 0 Å². The lowest BCUT2D eigenvalue weighted by Gasteiger charge is -2.20. The number of ketones is 1. The van der Waals surface area contributed by atoms with E-state index in [-0.39, 0.29) is 11.7 Å². The van der Waals surface area contributed by atoms with Gasteiger partial charge >= 0.3 is 0 Å². The molecule has 0 saturated heterocycles. The minimum absolute atomic E-state index is 0.323. The van der Waals surface area contributed by atoms with Crippen LogP contribution >= 0.6 is 12.6 Å². The molecule has 0 spiro atoms. The van der Waals surface area contributed by atoms with Crippen molar-refractivity contribution in [2.75, 3.05) is 0 Å². The highest BCUT2D eigenvalue weighted by Gasteiger charge is 2.28. The second kappa shape index (κ2) is 8.45. The summed E-state index contributed by atoms with van der Waals surface area (Å²) in [5.41, 5.74) is 1.37. The molecule has 0 aliphatic heterocycles. The number of thiol groups is 1. The van der Waals surface area contributed by atoms with Crippen LogP contribution in [0.5, 0.6) is 0 Å². The van der Waals surface area contributed by atoms with Gasteiger partial charge in [-0.3, -0.25) is 14.4 Å². The zero-order valence-electron chi connectivity index (χ0n) is 13.3. The van der Waals surface area contributed by atoms with E-state index < -0.39 is 17.1 Å². The number of amides is 1. The molecule has 0 bridgehead atoms. The van der Waals surface area contributed by atoms with Crippen molar-refractivity contribution in [1.29, 1.82) is 0 Å². The second-order valence-corrected chi connectivity index (χ2v) is 5.98. The summed E-state index contributed by atoms with van der Waals surface area (Å²) in [6.07, 6.45) is 0.323. The van der Waals surface area contributed by atoms with Gasteiger partial charge in [0.1, 0.15) is 0 Å². The standard InChI is InChI=1S/C19H19NO3S/c1-13(19(23)24)17(21)16(12-14-8-4-2-5-9-14)20-18(22)15-10-6-3-7-11-15/h2-11,13,16H,12H2,1H3,(H,20,22)(H,23,24). The third-order valence-electron chi connectivity index (χ3n) is 3.76. The fourth-order valence-corrected chi connectivity index (χ4v) is 2.45. The Morgan fingerprint density at radius 3 is 2.04 bits per heavy atom. The zero-order valence-corrected chi connectivity index (χ0v) is 14.2. The fourth-order valence-electron chi connectivity index (χ4n) is 2.33. The molecule has 4 nitrogen and oxygen atoms in total. The van der Waals surface area contributed by atoms with Crippen LogP contribution in [0.15, 0.2) is 60.7 Å². The first kappa shape index (κ1) is 17.9. The van der Waals surface area contributed by atoms with E-state index in [9.17, 15) is 14.4 Å². The summed E-state index contributed by atoms with van der Waals surface area (Å²) < 4.78 is 0. The number of nitrogens with one attached hydrogen (secondary N) is 1. The maximum absolute atomic E-state index is 12.6. The van der Waals surface area contributed by atoms with Crippen LogP contribution in [0.3, 0.4) is 0 Å². The van der Waals surface area contributed by atoms with E-state index in [2.05, 4.69) is 17.9 Å². The Hall–Kier alpha value is -2.40. The van der Waals surface area contributed by atoms with Crippen LogP contribution in [0.4, 0.5) is 0 Å². The van der Waals surface area contributed by atoms with Gasteiger partial charge in [0, 0.05) is 5.56 Å². The quantitative estimate of drug-likeness (QED) is 0.601. The van der Waals surface area contributed by atoms with Crippen molar-refractivity contribution in [3.63, 3.8) is 0 Å². The van der Waals surface area contributed by atoms with Crippen LogP contribution in [-0.4, -0.2) is 22.8 Å². The monoisotopic (exact) mass is 341 g/mol. The molecule has 2 rings (SSSR count). The molecule has 2 atom stereocenters. The highest BCUT2D eigenvalue weighted by molar-refractivity contribution is 7.96. The van der Waals surface area contributed by atoms with Gasteiger partial charge in [-0.25, -0.2) is 0 Å². The van der Waals surface area contributed by atoms with Gasteiger partial charge in [0.15, 0.2) is 10.9 Å². The van der Waals surface area contributed by atoms with Crippen molar-refractivity contribution in [3.8, 4) is 0 Å². The number of rotatable bonds is 7. The van der Waals surface area contributed by atoms with Crippen LogP contribution in [0.2, 0.25) is 0 Å². The largest absolute Gasteiger partial charge is 0.342 e. The Bertz CT molecular complexity index is 716. The minimum Gasteiger partial charge on any atom is -0.342 e. The highest BCUT2D eigenvalue weighted by Crippen LogP contribution is 2.12. The van der Waals surface area contributed by atoms with Crippen molar-refractivity contribution < 1.29 is 14.4 Å². The topological polar surface area (TPSA) is 63.2 Å². The van der Waals surface area contributed by atoms with Crippen LogP contribution in [-0.2, 0) is 16.0 Å². The summed E-state index contributed by atoms with van der Waals surface area (Å²) in [5, 5.41) is 2.24. The lowest BCUT2D eigenvalue weighted by molar-refractivity contribution is -0.129. The van der Waals surface area contributed by atoms with Gasteiger partial charge in [-0.1, -0.05) is 48.5 Å². The average Bonchev–Trinajstić information content (AvgIpc) is 2.61. The maximum Gasteiger partial charge on any atom is 0.251 e. The van der Waals surface area contributed by atoms with Crippen molar-refractivity contribution in [3.05, 3.63) is 71.8 Å². The van der Waals surface area contributed by atoms with Gasteiger partial charge in [0.05, 0.1) is 12.0 Å². The third-order valence-corrected chi connectivity index (χ3v) is 4.15. The normalized spacial score (nSPS) is 12.9. The first-order valence-electron chi connectivity index (χ1n) is 7.65. The van der Waals surface area contributed by atoms with Crippen molar-refractivity contribution in [2.24, 2.45) is 5.92 Å². The second-order valence-electron chi connectivity index (χ2n) is 5.54. The molecule has 0 radical (unpaired) electrons. The lowest BCUT2D eigenvalue weighted by atomic mass is 9.95. The summed E-state index contributed by atoms with van der Waals surface area (Å²) in [7, 11) is 0. The molecule has 2 aromatic rings. The molecule has 2 unspecified atom stereocenters. The first-order chi connectivity index (χ1) is 11.5.